The first-order valence-electron chi connectivity index (χ1n) is 19.2. The minimum Gasteiger partial charge on any atom is -0.256 e. The maximum absolute atomic E-state index is 4.84. The molecule has 0 aliphatic rings. The summed E-state index contributed by atoms with van der Waals surface area (Å²) in [7, 11) is 0. The van der Waals surface area contributed by atoms with Crippen LogP contribution >= 0.6 is 0 Å². The summed E-state index contributed by atoms with van der Waals surface area (Å²) in [5, 5.41) is 4.81. The van der Waals surface area contributed by atoms with Gasteiger partial charge in [0.05, 0.1) is 5.69 Å². The molecule has 0 unspecified atom stereocenters. The van der Waals surface area contributed by atoms with Crippen molar-refractivity contribution in [2.24, 2.45) is 0 Å². The highest BCUT2D eigenvalue weighted by molar-refractivity contribution is 6.21. The van der Waals surface area contributed by atoms with Crippen molar-refractivity contribution in [1.82, 2.24) is 4.98 Å². The van der Waals surface area contributed by atoms with Crippen molar-refractivity contribution in [2.45, 2.75) is 0 Å². The number of hydrogen-bond donors (Lipinski definition) is 0. The lowest BCUT2D eigenvalue weighted by atomic mass is 9.78. The molecule has 0 fully saturated rings. The Kier molecular flexibility index (Phi) is 8.59. The van der Waals surface area contributed by atoms with Crippen LogP contribution in [0.25, 0.3) is 99.6 Å². The largest absolute Gasteiger partial charge is 0.256 e. The molecule has 1 aromatic heterocycles. The molecule has 1 heteroatoms. The van der Waals surface area contributed by atoms with Gasteiger partial charge in [0.15, 0.2) is 0 Å². The lowest BCUT2D eigenvalue weighted by Crippen LogP contribution is -1.98. The summed E-state index contributed by atoms with van der Waals surface area (Å²) in [6.45, 7) is 0. The fourth-order valence-electron chi connectivity index (χ4n) is 8.53. The predicted molar refractivity (Wildman–Crippen MR) is 237 cm³/mol. The Morgan fingerprint density at radius 1 is 0.232 bits per heavy atom. The third-order valence-electron chi connectivity index (χ3n) is 10.9. The van der Waals surface area contributed by atoms with Gasteiger partial charge in [-0.3, -0.25) is 4.98 Å². The molecule has 0 aliphatic carbocycles. The van der Waals surface area contributed by atoms with E-state index in [0.29, 0.717) is 0 Å². The van der Waals surface area contributed by atoms with E-state index in [1.54, 1.807) is 0 Å². The van der Waals surface area contributed by atoms with E-state index in [9.17, 15) is 0 Å². The summed E-state index contributed by atoms with van der Waals surface area (Å²) in [6.07, 6.45) is 1.89. The van der Waals surface area contributed by atoms with E-state index < -0.39 is 0 Å². The highest BCUT2D eigenvalue weighted by Gasteiger charge is 2.24. The molecule has 0 saturated heterocycles. The zero-order valence-corrected chi connectivity index (χ0v) is 30.8. The molecule has 9 aromatic carbocycles. The monoisotopic (exact) mass is 711 g/mol. The van der Waals surface area contributed by atoms with Gasteiger partial charge in [-0.15, -0.1) is 0 Å². The predicted octanol–water partition coefficient (Wildman–Crippen LogP) is 15.1. The van der Waals surface area contributed by atoms with E-state index in [1.807, 2.05) is 12.3 Å². The van der Waals surface area contributed by atoms with Crippen LogP contribution in [0.4, 0.5) is 0 Å². The average Bonchev–Trinajstić information content (AvgIpc) is 3.29. The van der Waals surface area contributed by atoms with E-state index in [4.69, 9.17) is 4.98 Å². The molecular weight excluding hydrogens is 675 g/mol. The second-order valence-electron chi connectivity index (χ2n) is 14.2. The molecule has 1 heterocycles. The first-order valence-corrected chi connectivity index (χ1v) is 19.2. The Labute approximate surface area is 327 Å². The smallest absolute Gasteiger partial charge is 0.0714 e. The van der Waals surface area contributed by atoms with E-state index >= 15 is 0 Å². The van der Waals surface area contributed by atoms with Crippen LogP contribution in [0.5, 0.6) is 0 Å². The Morgan fingerprint density at radius 3 is 1.12 bits per heavy atom. The quantitative estimate of drug-likeness (QED) is 0.150. The van der Waals surface area contributed by atoms with Crippen LogP contribution in [0.1, 0.15) is 0 Å². The minimum atomic E-state index is 0.980. The summed E-state index contributed by atoms with van der Waals surface area (Å²) in [4.78, 5) is 4.84. The SMILES string of the molecule is c1ccc(-c2cc(-c3cccc(-c4c5ccccc5c(-c5ccccn5)c5ccccc45)c3)c(-c3ccccc3)c(-c3ccccc3)c2-c2ccccc2)cc1. The van der Waals surface area contributed by atoms with Crippen LogP contribution in [0, 0.1) is 0 Å². The zero-order valence-electron chi connectivity index (χ0n) is 30.8. The minimum absolute atomic E-state index is 0.980. The first kappa shape index (κ1) is 33.2. The van der Waals surface area contributed by atoms with Gasteiger partial charge in [-0.1, -0.05) is 194 Å². The molecular formula is C55H37N. The molecule has 0 atom stereocenters. The molecule has 0 radical (unpaired) electrons. The van der Waals surface area contributed by atoms with Crippen molar-refractivity contribution in [3.63, 3.8) is 0 Å². The van der Waals surface area contributed by atoms with Crippen molar-refractivity contribution < 1.29 is 0 Å². The van der Waals surface area contributed by atoms with E-state index in [0.717, 1.165) is 11.3 Å². The molecule has 56 heavy (non-hydrogen) atoms. The molecule has 0 aliphatic heterocycles. The molecule has 10 rings (SSSR count). The summed E-state index contributed by atoms with van der Waals surface area (Å²) in [5.41, 5.74) is 16.5. The van der Waals surface area contributed by atoms with Gasteiger partial charge in [-0.25, -0.2) is 0 Å². The van der Waals surface area contributed by atoms with Crippen molar-refractivity contribution >= 4 is 21.5 Å². The van der Waals surface area contributed by atoms with Gasteiger partial charge in [-0.2, -0.15) is 0 Å². The van der Waals surface area contributed by atoms with Crippen molar-refractivity contribution in [2.75, 3.05) is 0 Å². The van der Waals surface area contributed by atoms with E-state index in [2.05, 4.69) is 212 Å². The highest BCUT2D eigenvalue weighted by Crippen LogP contribution is 2.51. The van der Waals surface area contributed by atoms with Crippen LogP contribution in [0.3, 0.4) is 0 Å². The maximum atomic E-state index is 4.84. The van der Waals surface area contributed by atoms with Gasteiger partial charge < -0.3 is 0 Å². The second kappa shape index (κ2) is 14.5. The van der Waals surface area contributed by atoms with Crippen molar-refractivity contribution in [1.29, 1.82) is 0 Å². The molecule has 0 N–H and O–H groups in total. The topological polar surface area (TPSA) is 12.9 Å². The lowest BCUT2D eigenvalue weighted by molar-refractivity contribution is 1.34. The van der Waals surface area contributed by atoms with Crippen LogP contribution in [-0.2, 0) is 0 Å². The number of hydrogen-bond acceptors (Lipinski definition) is 1. The standard InChI is InChI=1S/C55H37N/c1-5-20-38(21-6-1)48-37-49(53(40-24-9-3-10-25-40)54(41-26-11-4-12-27-41)52(48)39-22-7-2-8-23-39)42-28-19-29-43(36-42)51-44-30-13-15-32-46(44)55(50-34-17-18-35-56-50)47-33-16-14-31-45(47)51/h1-37H. The Morgan fingerprint density at radius 2 is 0.625 bits per heavy atom. The van der Waals surface area contributed by atoms with Crippen LogP contribution in [0.15, 0.2) is 225 Å². The normalized spacial score (nSPS) is 11.2. The number of pyridine rings is 1. The molecule has 1 nitrogen and oxygen atoms in total. The number of fused-ring (bicyclic) bond motifs is 2. The van der Waals surface area contributed by atoms with Crippen molar-refractivity contribution in [3.8, 4) is 78.0 Å². The van der Waals surface area contributed by atoms with Gasteiger partial charge in [-0.05, 0) is 113 Å². The van der Waals surface area contributed by atoms with E-state index in [-0.39, 0.29) is 0 Å². The van der Waals surface area contributed by atoms with Crippen molar-refractivity contribution in [3.05, 3.63) is 225 Å². The fraction of sp³-hybridized carbons (Fsp3) is 0. The van der Waals surface area contributed by atoms with Crippen LogP contribution in [-0.4, -0.2) is 4.98 Å². The lowest BCUT2D eigenvalue weighted by Gasteiger charge is -2.25. The van der Waals surface area contributed by atoms with Gasteiger partial charge >= 0.3 is 0 Å². The van der Waals surface area contributed by atoms with Gasteiger partial charge in [0, 0.05) is 11.8 Å². The average molecular weight is 712 g/mol. The van der Waals surface area contributed by atoms with Crippen LogP contribution < -0.4 is 0 Å². The summed E-state index contributed by atoms with van der Waals surface area (Å²) in [5.74, 6) is 0. The molecule has 262 valence electrons. The summed E-state index contributed by atoms with van der Waals surface area (Å²) < 4.78 is 0. The third kappa shape index (κ3) is 5.87. The zero-order chi connectivity index (χ0) is 37.3. The summed E-state index contributed by atoms with van der Waals surface area (Å²) in [6, 6.07) is 79.0. The van der Waals surface area contributed by atoms with Crippen LogP contribution in [0.2, 0.25) is 0 Å². The molecule has 0 saturated carbocycles. The number of aromatic nitrogens is 1. The number of rotatable bonds is 7. The Balaban J connectivity index is 1.32. The summed E-state index contributed by atoms with van der Waals surface area (Å²) >= 11 is 0. The molecule has 0 bridgehead atoms. The molecule has 0 spiro atoms. The second-order valence-corrected chi connectivity index (χ2v) is 14.2. The van der Waals surface area contributed by atoms with Gasteiger partial charge in [0.1, 0.15) is 0 Å². The Bertz CT molecular complexity index is 2920. The third-order valence-corrected chi connectivity index (χ3v) is 10.9. The number of nitrogens with zero attached hydrogens (tertiary/aromatic N) is 1. The van der Waals surface area contributed by atoms with E-state index in [1.165, 1.54) is 88.3 Å². The highest BCUT2D eigenvalue weighted by atomic mass is 14.7. The molecule has 10 aromatic rings. The maximum Gasteiger partial charge on any atom is 0.0714 e. The Hall–Kier alpha value is -7.35. The van der Waals surface area contributed by atoms with Gasteiger partial charge in [0.2, 0.25) is 0 Å². The first-order chi connectivity index (χ1) is 27.8. The fourth-order valence-corrected chi connectivity index (χ4v) is 8.53. The molecule has 0 amide bonds. The number of benzene rings is 9. The van der Waals surface area contributed by atoms with Gasteiger partial charge in [0.25, 0.3) is 0 Å².